The van der Waals surface area contributed by atoms with Gasteiger partial charge in [0.1, 0.15) is 0 Å². The van der Waals surface area contributed by atoms with Crippen LogP contribution in [0.1, 0.15) is 17.5 Å². The van der Waals surface area contributed by atoms with Gasteiger partial charge in [-0.05, 0) is 41.3 Å². The van der Waals surface area contributed by atoms with Gasteiger partial charge in [-0.15, -0.1) is 0 Å². The lowest BCUT2D eigenvalue weighted by Gasteiger charge is -2.26. The average Bonchev–Trinajstić information content (AvgIpc) is 3.24. The van der Waals surface area contributed by atoms with Crippen molar-refractivity contribution in [2.45, 2.75) is 6.42 Å². The topological polar surface area (TPSA) is 65.1 Å². The normalized spacial score (nSPS) is 15.3. The highest BCUT2D eigenvalue weighted by Crippen LogP contribution is 2.32. The average molecular weight is 391 g/mol. The fourth-order valence-electron chi connectivity index (χ4n) is 3.26. The minimum atomic E-state index is -0.562. The predicted octanol–water partition coefficient (Wildman–Crippen LogP) is 3.29. The molecule has 0 fully saturated rings. The Morgan fingerprint density at radius 3 is 2.69 bits per heavy atom. The number of fused-ring (bicyclic) bond motifs is 1. The van der Waals surface area contributed by atoms with E-state index in [1.54, 1.807) is 23.1 Å². The molecule has 2 aliphatic rings. The molecule has 6 heteroatoms. The van der Waals surface area contributed by atoms with Gasteiger partial charge in [0.05, 0.1) is 0 Å². The number of amides is 1. The second kappa shape index (κ2) is 8.65. The maximum absolute atomic E-state index is 12.3. The van der Waals surface area contributed by atoms with Crippen LogP contribution in [0.15, 0.2) is 60.7 Å². The Labute approximate surface area is 169 Å². The van der Waals surface area contributed by atoms with E-state index in [-0.39, 0.29) is 19.3 Å². The molecule has 0 bridgehead atoms. The summed E-state index contributed by atoms with van der Waals surface area (Å²) in [5.41, 5.74) is 3.20. The summed E-state index contributed by atoms with van der Waals surface area (Å²) in [5, 5.41) is 0. The van der Waals surface area contributed by atoms with Crippen LogP contribution in [-0.2, 0) is 14.3 Å². The molecule has 2 heterocycles. The first-order valence-electron chi connectivity index (χ1n) is 9.46. The highest BCUT2D eigenvalue weighted by molar-refractivity contribution is 5.89. The van der Waals surface area contributed by atoms with Crippen LogP contribution in [0.5, 0.6) is 11.5 Å². The number of rotatable bonds is 5. The van der Waals surface area contributed by atoms with Crippen molar-refractivity contribution in [1.82, 2.24) is 4.90 Å². The van der Waals surface area contributed by atoms with Gasteiger partial charge in [0.15, 0.2) is 18.1 Å². The summed E-state index contributed by atoms with van der Waals surface area (Å²) < 4.78 is 15.6. The van der Waals surface area contributed by atoms with Crippen LogP contribution in [0, 0.1) is 0 Å². The van der Waals surface area contributed by atoms with Crippen LogP contribution >= 0.6 is 0 Å². The fraction of sp³-hybridized carbons (Fsp3) is 0.217. The molecule has 148 valence electrons. The van der Waals surface area contributed by atoms with E-state index in [9.17, 15) is 9.59 Å². The van der Waals surface area contributed by atoms with Gasteiger partial charge in [-0.2, -0.15) is 0 Å². The van der Waals surface area contributed by atoms with Gasteiger partial charge in [0.25, 0.3) is 5.91 Å². The third-order valence-electron chi connectivity index (χ3n) is 4.85. The van der Waals surface area contributed by atoms with Gasteiger partial charge < -0.3 is 19.1 Å². The van der Waals surface area contributed by atoms with Crippen molar-refractivity contribution >= 4 is 23.5 Å². The maximum atomic E-state index is 12.3. The predicted molar refractivity (Wildman–Crippen MR) is 108 cm³/mol. The van der Waals surface area contributed by atoms with Gasteiger partial charge in [-0.25, -0.2) is 4.79 Å². The molecule has 0 saturated heterocycles. The first-order valence-corrected chi connectivity index (χ1v) is 9.46. The van der Waals surface area contributed by atoms with E-state index in [0.29, 0.717) is 24.6 Å². The van der Waals surface area contributed by atoms with E-state index in [1.165, 1.54) is 17.2 Å². The smallest absolute Gasteiger partial charge is 0.331 e. The summed E-state index contributed by atoms with van der Waals surface area (Å²) in [6, 6.07) is 15.5. The molecule has 1 amide bonds. The zero-order valence-electron chi connectivity index (χ0n) is 15.9. The molecule has 29 heavy (non-hydrogen) atoms. The SMILES string of the molecule is O=C(/C=C/c1ccc2c(c1)OCO2)OCC(=O)N1CC=C(c2ccccc2)CC1. The van der Waals surface area contributed by atoms with Crippen LogP contribution in [0.3, 0.4) is 0 Å². The first-order chi connectivity index (χ1) is 14.2. The van der Waals surface area contributed by atoms with Crippen molar-refractivity contribution in [2.24, 2.45) is 0 Å². The quantitative estimate of drug-likeness (QED) is 0.578. The second-order valence-corrected chi connectivity index (χ2v) is 6.74. The van der Waals surface area contributed by atoms with Gasteiger partial charge in [-0.1, -0.05) is 42.5 Å². The molecule has 0 unspecified atom stereocenters. The molecule has 0 aromatic heterocycles. The van der Waals surface area contributed by atoms with E-state index in [1.807, 2.05) is 24.3 Å². The molecule has 0 saturated carbocycles. The monoisotopic (exact) mass is 391 g/mol. The number of esters is 1. The molecule has 0 atom stereocenters. The van der Waals surface area contributed by atoms with Crippen molar-refractivity contribution in [1.29, 1.82) is 0 Å². The Morgan fingerprint density at radius 1 is 1.07 bits per heavy atom. The Morgan fingerprint density at radius 2 is 1.90 bits per heavy atom. The highest BCUT2D eigenvalue weighted by atomic mass is 16.7. The highest BCUT2D eigenvalue weighted by Gasteiger charge is 2.19. The molecule has 2 aromatic carbocycles. The summed E-state index contributed by atoms with van der Waals surface area (Å²) in [7, 11) is 0. The Kier molecular flexibility index (Phi) is 5.61. The van der Waals surface area contributed by atoms with Crippen LogP contribution in [0.2, 0.25) is 0 Å². The first kappa shape index (κ1) is 18.8. The van der Waals surface area contributed by atoms with Gasteiger partial charge in [0.2, 0.25) is 6.79 Å². The molecular formula is C23H21NO5. The van der Waals surface area contributed by atoms with Crippen molar-refractivity contribution < 1.29 is 23.8 Å². The Balaban J connectivity index is 1.25. The molecule has 0 spiro atoms. The molecular weight excluding hydrogens is 370 g/mol. The van der Waals surface area contributed by atoms with Crippen LogP contribution < -0.4 is 9.47 Å². The van der Waals surface area contributed by atoms with Gasteiger partial charge >= 0.3 is 5.97 Å². The third kappa shape index (κ3) is 4.66. The summed E-state index contributed by atoms with van der Waals surface area (Å²) in [5.74, 6) is 0.566. The van der Waals surface area contributed by atoms with E-state index in [0.717, 1.165) is 12.0 Å². The van der Waals surface area contributed by atoms with Crippen LogP contribution in [0.4, 0.5) is 0 Å². The molecule has 0 radical (unpaired) electrons. The summed E-state index contributed by atoms with van der Waals surface area (Å²) >= 11 is 0. The van der Waals surface area contributed by atoms with E-state index in [4.69, 9.17) is 14.2 Å². The maximum Gasteiger partial charge on any atom is 0.331 e. The number of nitrogens with zero attached hydrogens (tertiary/aromatic N) is 1. The zero-order valence-corrected chi connectivity index (χ0v) is 15.9. The lowest BCUT2D eigenvalue weighted by Crippen LogP contribution is -2.37. The summed E-state index contributed by atoms with van der Waals surface area (Å²) in [6.45, 7) is 1.07. The molecule has 0 N–H and O–H groups in total. The van der Waals surface area contributed by atoms with Crippen molar-refractivity contribution in [3.8, 4) is 11.5 Å². The zero-order chi connectivity index (χ0) is 20.1. The largest absolute Gasteiger partial charge is 0.454 e. The standard InChI is InChI=1S/C23H21NO5/c25-22(24-12-10-19(11-13-24)18-4-2-1-3-5-18)15-27-23(26)9-7-17-6-8-20-21(14-17)29-16-28-20/h1-10,14H,11-13,15-16H2/b9-7+. The van der Waals surface area contributed by atoms with Crippen LogP contribution in [0.25, 0.3) is 11.6 Å². The fourth-order valence-corrected chi connectivity index (χ4v) is 3.26. The minimum absolute atomic E-state index is 0.196. The Hall–Kier alpha value is -3.54. The van der Waals surface area contributed by atoms with E-state index in [2.05, 4.69) is 18.2 Å². The summed E-state index contributed by atoms with van der Waals surface area (Å²) in [6.07, 6.45) is 5.75. The molecule has 2 aliphatic heterocycles. The second-order valence-electron chi connectivity index (χ2n) is 6.74. The van der Waals surface area contributed by atoms with E-state index >= 15 is 0 Å². The lowest BCUT2D eigenvalue weighted by atomic mass is 10.00. The van der Waals surface area contributed by atoms with Crippen molar-refractivity contribution in [3.05, 3.63) is 71.8 Å². The Bertz CT molecular complexity index is 964. The van der Waals surface area contributed by atoms with Gasteiger partial charge in [0, 0.05) is 19.2 Å². The molecule has 2 aromatic rings. The minimum Gasteiger partial charge on any atom is -0.454 e. The molecule has 6 nitrogen and oxygen atoms in total. The van der Waals surface area contributed by atoms with Crippen LogP contribution in [-0.4, -0.2) is 43.3 Å². The number of ether oxygens (including phenoxy) is 3. The van der Waals surface area contributed by atoms with Gasteiger partial charge in [-0.3, -0.25) is 4.79 Å². The number of benzene rings is 2. The number of carbonyl (C=O) groups excluding carboxylic acids is 2. The third-order valence-corrected chi connectivity index (χ3v) is 4.85. The number of carbonyl (C=O) groups is 2. The number of hydrogen-bond donors (Lipinski definition) is 0. The van der Waals surface area contributed by atoms with Crippen molar-refractivity contribution in [3.63, 3.8) is 0 Å². The van der Waals surface area contributed by atoms with E-state index < -0.39 is 5.97 Å². The summed E-state index contributed by atoms with van der Waals surface area (Å²) in [4.78, 5) is 25.9. The molecule has 4 rings (SSSR count). The molecule has 0 aliphatic carbocycles. The lowest BCUT2D eigenvalue weighted by molar-refractivity contribution is -0.147. The number of hydrogen-bond acceptors (Lipinski definition) is 5. The van der Waals surface area contributed by atoms with Crippen molar-refractivity contribution in [2.75, 3.05) is 26.5 Å².